The molecule has 2 aliphatic heterocycles. The maximum Gasteiger partial charge on any atom is 0.266 e. The van der Waals surface area contributed by atoms with Crippen molar-refractivity contribution in [3.63, 3.8) is 0 Å². The molecule has 25 heavy (non-hydrogen) atoms. The third-order valence-electron chi connectivity index (χ3n) is 5.26. The molecule has 4 rings (SSSR count). The number of benzene rings is 1. The van der Waals surface area contributed by atoms with Crippen molar-refractivity contribution < 1.29 is 4.79 Å². The van der Waals surface area contributed by atoms with E-state index in [-0.39, 0.29) is 5.91 Å². The number of likely N-dealkylation sites (tertiary alicyclic amines) is 1. The van der Waals surface area contributed by atoms with Crippen molar-refractivity contribution in [1.82, 2.24) is 14.8 Å². The predicted octanol–water partition coefficient (Wildman–Crippen LogP) is 3.64. The summed E-state index contributed by atoms with van der Waals surface area (Å²) in [4.78, 5) is 23.0. The molecular weight excluding hydrogens is 330 g/mol. The van der Waals surface area contributed by atoms with Crippen molar-refractivity contribution in [2.75, 3.05) is 19.6 Å². The molecule has 2 aromatic rings. The van der Waals surface area contributed by atoms with Crippen molar-refractivity contribution in [3.05, 3.63) is 51.0 Å². The van der Waals surface area contributed by atoms with Crippen molar-refractivity contribution in [2.24, 2.45) is 0 Å². The van der Waals surface area contributed by atoms with Gasteiger partial charge in [0.25, 0.3) is 5.91 Å². The highest BCUT2D eigenvalue weighted by atomic mass is 32.1. The van der Waals surface area contributed by atoms with Gasteiger partial charge in [0.15, 0.2) is 0 Å². The van der Waals surface area contributed by atoms with Gasteiger partial charge in [-0.15, -0.1) is 11.3 Å². The molecule has 0 aliphatic carbocycles. The summed E-state index contributed by atoms with van der Waals surface area (Å²) < 4.78 is 0. The number of fused-ring (bicyclic) bond motifs is 1. The minimum Gasteiger partial charge on any atom is -0.333 e. The summed E-state index contributed by atoms with van der Waals surface area (Å²) in [6.07, 6.45) is 4.85. The van der Waals surface area contributed by atoms with Crippen molar-refractivity contribution >= 4 is 17.2 Å². The molecule has 4 nitrogen and oxygen atoms in total. The summed E-state index contributed by atoms with van der Waals surface area (Å²) >= 11 is 1.59. The van der Waals surface area contributed by atoms with E-state index in [1.54, 1.807) is 11.3 Å². The molecule has 1 aromatic heterocycles. The van der Waals surface area contributed by atoms with Crippen molar-refractivity contribution in [3.8, 4) is 0 Å². The Hall–Kier alpha value is -1.72. The second kappa shape index (κ2) is 7.26. The standard InChI is InChI=1S/C20H25N3OS/c1-15-19(25-18(21-15)14-22-10-5-2-6-11-22)20(24)23-12-9-16-7-3-4-8-17(16)13-23/h3-4,7-8H,2,5-6,9-14H2,1H3. The number of carbonyl (C=O) groups is 1. The number of amides is 1. The number of hydrogen-bond acceptors (Lipinski definition) is 4. The zero-order valence-electron chi connectivity index (χ0n) is 14.8. The number of aromatic nitrogens is 1. The topological polar surface area (TPSA) is 36.4 Å². The van der Waals surface area contributed by atoms with E-state index in [0.717, 1.165) is 48.2 Å². The average molecular weight is 356 g/mol. The number of hydrogen-bond donors (Lipinski definition) is 0. The van der Waals surface area contributed by atoms with Gasteiger partial charge in [-0.25, -0.2) is 4.98 Å². The Morgan fingerprint density at radius 3 is 2.68 bits per heavy atom. The maximum atomic E-state index is 13.0. The summed E-state index contributed by atoms with van der Waals surface area (Å²) in [6.45, 7) is 6.70. The Kier molecular flexibility index (Phi) is 4.86. The first-order valence-corrected chi connectivity index (χ1v) is 10.1. The molecule has 0 bridgehead atoms. The third-order valence-corrected chi connectivity index (χ3v) is 6.39. The Balaban J connectivity index is 1.47. The first kappa shape index (κ1) is 16.7. The lowest BCUT2D eigenvalue weighted by Gasteiger charge is -2.28. The number of piperidine rings is 1. The lowest BCUT2D eigenvalue weighted by molar-refractivity contribution is 0.0738. The van der Waals surface area contributed by atoms with E-state index in [4.69, 9.17) is 4.98 Å². The van der Waals surface area contributed by atoms with Crippen LogP contribution in [0.25, 0.3) is 0 Å². The second-order valence-corrected chi connectivity index (χ2v) is 8.19. The summed E-state index contributed by atoms with van der Waals surface area (Å²) in [5, 5.41) is 1.08. The minimum atomic E-state index is 0.148. The van der Waals surface area contributed by atoms with E-state index in [1.807, 2.05) is 11.8 Å². The van der Waals surface area contributed by atoms with Crippen LogP contribution in [0.5, 0.6) is 0 Å². The number of rotatable bonds is 3. The highest BCUT2D eigenvalue weighted by Crippen LogP contribution is 2.26. The molecule has 1 aromatic carbocycles. The first-order valence-electron chi connectivity index (χ1n) is 9.25. The molecule has 2 aliphatic rings. The fourth-order valence-corrected chi connectivity index (χ4v) is 4.91. The van der Waals surface area contributed by atoms with Crippen LogP contribution in [0.1, 0.15) is 50.8 Å². The first-order chi connectivity index (χ1) is 12.2. The predicted molar refractivity (Wildman–Crippen MR) is 101 cm³/mol. The number of nitrogens with zero attached hydrogens (tertiary/aromatic N) is 3. The summed E-state index contributed by atoms with van der Waals surface area (Å²) in [7, 11) is 0. The van der Waals surface area contributed by atoms with Crippen LogP contribution in [0.4, 0.5) is 0 Å². The Labute approximate surface area is 153 Å². The molecule has 1 amide bonds. The molecule has 5 heteroatoms. The Bertz CT molecular complexity index is 764. The molecule has 0 unspecified atom stereocenters. The Morgan fingerprint density at radius 1 is 1.12 bits per heavy atom. The van der Waals surface area contributed by atoms with Crippen molar-refractivity contribution in [2.45, 2.75) is 45.7 Å². The summed E-state index contributed by atoms with van der Waals surface area (Å²) in [5.74, 6) is 0.148. The number of thiazole rings is 1. The van der Waals surface area contributed by atoms with E-state index in [1.165, 1.54) is 30.4 Å². The van der Waals surface area contributed by atoms with Gasteiger partial charge in [0.05, 0.1) is 12.2 Å². The van der Waals surface area contributed by atoms with Crippen LogP contribution < -0.4 is 0 Å². The van der Waals surface area contributed by atoms with Gasteiger partial charge in [-0.2, -0.15) is 0 Å². The maximum absolute atomic E-state index is 13.0. The van der Waals surface area contributed by atoms with E-state index in [9.17, 15) is 4.79 Å². The number of carbonyl (C=O) groups excluding carboxylic acids is 1. The van der Waals surface area contributed by atoms with E-state index in [2.05, 4.69) is 29.2 Å². The van der Waals surface area contributed by atoms with Crippen molar-refractivity contribution in [1.29, 1.82) is 0 Å². The van der Waals surface area contributed by atoms with Gasteiger partial charge in [0.1, 0.15) is 9.88 Å². The monoisotopic (exact) mass is 355 g/mol. The van der Waals surface area contributed by atoms with Gasteiger partial charge >= 0.3 is 0 Å². The molecule has 132 valence electrons. The quantitative estimate of drug-likeness (QED) is 0.843. The van der Waals surface area contributed by atoms with Gasteiger partial charge in [-0.1, -0.05) is 30.7 Å². The molecule has 3 heterocycles. The number of aryl methyl sites for hydroxylation is 1. The zero-order valence-corrected chi connectivity index (χ0v) is 15.6. The molecule has 1 fully saturated rings. The molecule has 0 spiro atoms. The third kappa shape index (κ3) is 3.62. The molecule has 0 N–H and O–H groups in total. The summed E-state index contributed by atoms with van der Waals surface area (Å²) in [5.41, 5.74) is 3.54. The van der Waals surface area contributed by atoms with Gasteiger partial charge in [-0.3, -0.25) is 9.69 Å². The normalized spacial score (nSPS) is 18.2. The lowest BCUT2D eigenvalue weighted by Crippen LogP contribution is -2.35. The highest BCUT2D eigenvalue weighted by molar-refractivity contribution is 7.13. The average Bonchev–Trinajstić information content (AvgIpc) is 3.01. The fraction of sp³-hybridized carbons (Fsp3) is 0.500. The molecule has 0 saturated carbocycles. The summed E-state index contributed by atoms with van der Waals surface area (Å²) in [6, 6.07) is 8.44. The van der Waals surface area contributed by atoms with Crippen LogP contribution in [0, 0.1) is 6.92 Å². The van der Waals surface area contributed by atoms with Crippen LogP contribution in [0.3, 0.4) is 0 Å². The second-order valence-electron chi connectivity index (χ2n) is 7.10. The molecular formula is C20H25N3OS. The SMILES string of the molecule is Cc1nc(CN2CCCCC2)sc1C(=O)N1CCc2ccccc2C1. The van der Waals surface area contributed by atoms with E-state index < -0.39 is 0 Å². The van der Waals surface area contributed by atoms with Crippen LogP contribution >= 0.6 is 11.3 Å². The minimum absolute atomic E-state index is 0.148. The van der Waals surface area contributed by atoms with Gasteiger partial charge in [0, 0.05) is 13.1 Å². The molecule has 0 atom stereocenters. The van der Waals surface area contributed by atoms with Gasteiger partial charge < -0.3 is 4.90 Å². The lowest BCUT2D eigenvalue weighted by atomic mass is 10.00. The molecule has 0 radical (unpaired) electrons. The Morgan fingerprint density at radius 2 is 1.88 bits per heavy atom. The molecule has 1 saturated heterocycles. The van der Waals surface area contributed by atoms with Crippen LogP contribution in [0.2, 0.25) is 0 Å². The van der Waals surface area contributed by atoms with Crippen LogP contribution in [-0.2, 0) is 19.5 Å². The fourth-order valence-electron chi connectivity index (χ4n) is 3.84. The smallest absolute Gasteiger partial charge is 0.266 e. The zero-order chi connectivity index (χ0) is 17.2. The largest absolute Gasteiger partial charge is 0.333 e. The van der Waals surface area contributed by atoms with Crippen LogP contribution in [-0.4, -0.2) is 40.3 Å². The van der Waals surface area contributed by atoms with Crippen LogP contribution in [0.15, 0.2) is 24.3 Å². The highest BCUT2D eigenvalue weighted by Gasteiger charge is 2.25. The van der Waals surface area contributed by atoms with E-state index >= 15 is 0 Å². The van der Waals surface area contributed by atoms with E-state index in [0.29, 0.717) is 6.54 Å². The van der Waals surface area contributed by atoms with Gasteiger partial charge in [-0.05, 0) is 50.4 Å². The van der Waals surface area contributed by atoms with Gasteiger partial charge in [0.2, 0.25) is 0 Å².